The van der Waals surface area contributed by atoms with Crippen LogP contribution in [0.4, 0.5) is 11.4 Å². The third-order valence-corrected chi connectivity index (χ3v) is 4.75. The van der Waals surface area contributed by atoms with Crippen molar-refractivity contribution in [2.24, 2.45) is 0 Å². The Morgan fingerprint density at radius 2 is 1.89 bits per heavy atom. The second kappa shape index (κ2) is 9.26. The van der Waals surface area contributed by atoms with E-state index in [1.54, 1.807) is 4.90 Å². The average molecular weight is 381 g/mol. The molecule has 3 rings (SSSR count). The van der Waals surface area contributed by atoms with Crippen LogP contribution in [0.3, 0.4) is 0 Å². The van der Waals surface area contributed by atoms with Crippen molar-refractivity contribution in [3.63, 3.8) is 0 Å². The van der Waals surface area contributed by atoms with Crippen LogP contribution < -0.4 is 15.0 Å². The molecule has 0 atom stereocenters. The fourth-order valence-electron chi connectivity index (χ4n) is 3.29. The van der Waals surface area contributed by atoms with Crippen LogP contribution in [0.2, 0.25) is 0 Å². The molecule has 0 saturated heterocycles. The van der Waals surface area contributed by atoms with E-state index in [0.29, 0.717) is 19.7 Å². The molecule has 1 aliphatic heterocycles. The molecule has 0 aromatic heterocycles. The van der Waals surface area contributed by atoms with Gasteiger partial charge < -0.3 is 19.9 Å². The number of rotatable bonds is 7. The van der Waals surface area contributed by atoms with Crippen LogP contribution >= 0.6 is 0 Å². The Labute approximate surface area is 166 Å². The Morgan fingerprint density at radius 3 is 2.68 bits per heavy atom. The van der Waals surface area contributed by atoms with E-state index in [2.05, 4.69) is 5.32 Å². The van der Waals surface area contributed by atoms with E-state index in [9.17, 15) is 9.59 Å². The number of benzene rings is 2. The van der Waals surface area contributed by atoms with Crippen molar-refractivity contribution >= 4 is 23.2 Å². The number of fused-ring (bicyclic) bond motifs is 1. The summed E-state index contributed by atoms with van der Waals surface area (Å²) in [5.41, 5.74) is 2.69. The molecule has 0 aliphatic carbocycles. The number of carbonyl (C=O) groups is 2. The fraction of sp³-hybridized carbons (Fsp3) is 0.364. The zero-order chi connectivity index (χ0) is 19.9. The highest BCUT2D eigenvalue weighted by atomic mass is 16.5. The molecule has 28 heavy (non-hydrogen) atoms. The maximum atomic E-state index is 12.9. The van der Waals surface area contributed by atoms with Gasteiger partial charge in [-0.05, 0) is 37.1 Å². The summed E-state index contributed by atoms with van der Waals surface area (Å²) in [7, 11) is 0. The third-order valence-electron chi connectivity index (χ3n) is 4.75. The highest BCUT2D eigenvalue weighted by Gasteiger charge is 2.23. The van der Waals surface area contributed by atoms with Gasteiger partial charge in [0.1, 0.15) is 12.4 Å². The van der Waals surface area contributed by atoms with Crippen LogP contribution in [0, 0.1) is 6.92 Å². The number of ether oxygens (including phenoxy) is 1. The molecular formula is C22H27N3O3. The van der Waals surface area contributed by atoms with Gasteiger partial charge >= 0.3 is 0 Å². The van der Waals surface area contributed by atoms with Crippen molar-refractivity contribution in [2.45, 2.75) is 20.3 Å². The van der Waals surface area contributed by atoms with E-state index in [0.717, 1.165) is 29.1 Å². The Bertz CT molecular complexity index is 837. The molecule has 148 valence electrons. The summed E-state index contributed by atoms with van der Waals surface area (Å²) >= 11 is 0. The molecule has 1 aliphatic rings. The van der Waals surface area contributed by atoms with Crippen molar-refractivity contribution in [3.05, 3.63) is 54.1 Å². The highest BCUT2D eigenvalue weighted by Crippen LogP contribution is 2.30. The summed E-state index contributed by atoms with van der Waals surface area (Å²) in [6, 6.07) is 15.3. The molecule has 2 aromatic rings. The van der Waals surface area contributed by atoms with Gasteiger partial charge in [-0.1, -0.05) is 37.3 Å². The molecule has 1 heterocycles. The maximum Gasteiger partial charge on any atom is 0.244 e. The van der Waals surface area contributed by atoms with E-state index in [1.807, 2.05) is 67.3 Å². The van der Waals surface area contributed by atoms with Gasteiger partial charge in [0, 0.05) is 12.2 Å². The second-order valence-corrected chi connectivity index (χ2v) is 6.92. The molecule has 0 fully saturated rings. The third kappa shape index (κ3) is 4.82. The van der Waals surface area contributed by atoms with Gasteiger partial charge in [-0.2, -0.15) is 0 Å². The highest BCUT2D eigenvalue weighted by molar-refractivity contribution is 5.95. The predicted octanol–water partition coefficient (Wildman–Crippen LogP) is 3.07. The van der Waals surface area contributed by atoms with Crippen molar-refractivity contribution in [1.82, 2.24) is 4.90 Å². The summed E-state index contributed by atoms with van der Waals surface area (Å²) < 4.78 is 5.65. The topological polar surface area (TPSA) is 61.9 Å². The summed E-state index contributed by atoms with van der Waals surface area (Å²) in [6.45, 7) is 5.98. The molecule has 6 heteroatoms. The second-order valence-electron chi connectivity index (χ2n) is 6.92. The number of hydrogen-bond donors (Lipinski definition) is 1. The summed E-state index contributed by atoms with van der Waals surface area (Å²) in [6.07, 6.45) is 0.795. The Balaban J connectivity index is 1.64. The largest absolute Gasteiger partial charge is 0.490 e. The van der Waals surface area contributed by atoms with E-state index < -0.39 is 0 Å². The Morgan fingerprint density at radius 1 is 1.14 bits per heavy atom. The average Bonchev–Trinajstić information content (AvgIpc) is 2.69. The lowest BCUT2D eigenvalue weighted by Crippen LogP contribution is -2.46. The Kier molecular flexibility index (Phi) is 6.53. The van der Waals surface area contributed by atoms with Gasteiger partial charge in [-0.3, -0.25) is 9.59 Å². The molecule has 2 aromatic carbocycles. The zero-order valence-corrected chi connectivity index (χ0v) is 16.5. The lowest BCUT2D eigenvalue weighted by atomic mass is 10.2. The van der Waals surface area contributed by atoms with Crippen LogP contribution in [-0.4, -0.2) is 49.5 Å². The van der Waals surface area contributed by atoms with Gasteiger partial charge in [0.05, 0.1) is 25.3 Å². The minimum absolute atomic E-state index is 0.0486. The van der Waals surface area contributed by atoms with Crippen LogP contribution in [-0.2, 0) is 9.59 Å². The normalized spacial score (nSPS) is 12.7. The van der Waals surface area contributed by atoms with Crippen LogP contribution in [0.25, 0.3) is 0 Å². The molecule has 1 N–H and O–H groups in total. The number of nitrogens with zero attached hydrogens (tertiary/aromatic N) is 2. The lowest BCUT2D eigenvalue weighted by molar-refractivity contribution is -0.133. The van der Waals surface area contributed by atoms with E-state index in [-0.39, 0.29) is 24.9 Å². The summed E-state index contributed by atoms with van der Waals surface area (Å²) in [4.78, 5) is 29.1. The minimum atomic E-state index is -0.182. The number of nitrogens with one attached hydrogen (secondary N) is 1. The molecule has 0 radical (unpaired) electrons. The van der Waals surface area contributed by atoms with Gasteiger partial charge in [0.25, 0.3) is 0 Å². The predicted molar refractivity (Wildman–Crippen MR) is 111 cm³/mol. The minimum Gasteiger partial charge on any atom is -0.490 e. The molecular weight excluding hydrogens is 354 g/mol. The van der Waals surface area contributed by atoms with Crippen LogP contribution in [0.5, 0.6) is 5.75 Å². The monoisotopic (exact) mass is 381 g/mol. The molecule has 0 saturated carbocycles. The maximum absolute atomic E-state index is 12.9. The first-order valence-electron chi connectivity index (χ1n) is 9.68. The molecule has 0 unspecified atom stereocenters. The van der Waals surface area contributed by atoms with Crippen LogP contribution in [0.1, 0.15) is 18.9 Å². The fourth-order valence-corrected chi connectivity index (χ4v) is 3.29. The van der Waals surface area contributed by atoms with Crippen molar-refractivity contribution in [1.29, 1.82) is 0 Å². The quantitative estimate of drug-likeness (QED) is 0.801. The van der Waals surface area contributed by atoms with Gasteiger partial charge in [-0.25, -0.2) is 0 Å². The zero-order valence-electron chi connectivity index (χ0n) is 16.5. The summed E-state index contributed by atoms with van der Waals surface area (Å²) in [5, 5.41) is 2.91. The molecule has 2 amide bonds. The Hall–Kier alpha value is -3.02. The van der Waals surface area contributed by atoms with Crippen molar-refractivity contribution < 1.29 is 14.3 Å². The van der Waals surface area contributed by atoms with E-state index in [4.69, 9.17) is 4.74 Å². The molecule has 0 bridgehead atoms. The first-order valence-corrected chi connectivity index (χ1v) is 9.68. The summed E-state index contributed by atoms with van der Waals surface area (Å²) in [5.74, 6) is 0.554. The van der Waals surface area contributed by atoms with E-state index in [1.165, 1.54) is 0 Å². The van der Waals surface area contributed by atoms with Gasteiger partial charge in [0.2, 0.25) is 11.8 Å². The van der Waals surface area contributed by atoms with Crippen LogP contribution in [0.15, 0.2) is 48.5 Å². The van der Waals surface area contributed by atoms with Gasteiger partial charge in [0.15, 0.2) is 0 Å². The number of carbonyl (C=O) groups excluding carboxylic acids is 2. The molecule has 0 spiro atoms. The number of para-hydroxylation sites is 3. The van der Waals surface area contributed by atoms with Crippen molar-refractivity contribution in [2.75, 3.05) is 43.0 Å². The number of amides is 2. The van der Waals surface area contributed by atoms with Gasteiger partial charge in [-0.15, -0.1) is 0 Å². The first-order chi connectivity index (χ1) is 13.6. The molecule has 6 nitrogen and oxygen atoms in total. The number of hydrogen-bond acceptors (Lipinski definition) is 4. The van der Waals surface area contributed by atoms with E-state index >= 15 is 0 Å². The standard InChI is InChI=1S/C22H27N3O3/c1-3-12-25(15-21(26)23-18-9-5-4-8-17(18)2)22(27)16-24-13-14-28-20-11-7-6-10-19(20)24/h4-11H,3,12-16H2,1-2H3,(H,23,26). The lowest BCUT2D eigenvalue weighted by Gasteiger charge is -2.32. The number of aryl methyl sites for hydroxylation is 1. The first kappa shape index (κ1) is 19.7. The number of anilines is 2. The SMILES string of the molecule is CCCN(CC(=O)Nc1ccccc1C)C(=O)CN1CCOc2ccccc21. The van der Waals surface area contributed by atoms with Crippen molar-refractivity contribution in [3.8, 4) is 5.75 Å². The smallest absolute Gasteiger partial charge is 0.244 e.